The van der Waals surface area contributed by atoms with Crippen molar-refractivity contribution in [3.05, 3.63) is 40.3 Å². The van der Waals surface area contributed by atoms with E-state index in [9.17, 15) is 9.59 Å². The third-order valence-electron chi connectivity index (χ3n) is 6.95. The SMILES string of the molecule is CCCCOc1nc(N)c2[nH]c(=O)n(CCCC(CCN3CCOCC3)NCc3cccc(OC(C)=O)c3)c2n1. The monoisotopic (exact) mass is 555 g/mol. The zero-order valence-electron chi connectivity index (χ0n) is 23.5. The number of nitrogen functional groups attached to an aromatic ring is 1. The van der Waals surface area contributed by atoms with Gasteiger partial charge in [0, 0.05) is 39.1 Å². The highest BCUT2D eigenvalue weighted by molar-refractivity contribution is 5.81. The summed E-state index contributed by atoms with van der Waals surface area (Å²) in [4.78, 5) is 38.0. The van der Waals surface area contributed by atoms with Crippen LogP contribution in [0.4, 0.5) is 5.82 Å². The minimum Gasteiger partial charge on any atom is -0.463 e. The Hall–Kier alpha value is -3.48. The predicted molar refractivity (Wildman–Crippen MR) is 152 cm³/mol. The maximum Gasteiger partial charge on any atom is 0.327 e. The number of carbonyl (C=O) groups excluding carboxylic acids is 1. The summed E-state index contributed by atoms with van der Waals surface area (Å²) in [5.41, 5.74) is 7.76. The first-order chi connectivity index (χ1) is 19.4. The van der Waals surface area contributed by atoms with E-state index in [1.807, 2.05) is 18.2 Å². The van der Waals surface area contributed by atoms with Crippen LogP contribution in [0.25, 0.3) is 11.2 Å². The van der Waals surface area contributed by atoms with Gasteiger partial charge in [-0.2, -0.15) is 9.97 Å². The van der Waals surface area contributed by atoms with Crippen molar-refractivity contribution < 1.29 is 19.0 Å². The van der Waals surface area contributed by atoms with Crippen molar-refractivity contribution in [3.8, 4) is 11.8 Å². The molecule has 4 rings (SSSR count). The molecule has 1 saturated heterocycles. The number of fused-ring (bicyclic) bond motifs is 1. The number of nitrogens with zero attached hydrogens (tertiary/aromatic N) is 4. The molecule has 1 aliphatic rings. The molecule has 3 aromatic rings. The molecule has 1 aliphatic heterocycles. The molecule has 12 nitrogen and oxygen atoms in total. The fourth-order valence-corrected chi connectivity index (χ4v) is 4.77. The molecule has 12 heteroatoms. The largest absolute Gasteiger partial charge is 0.463 e. The number of aromatic nitrogens is 4. The third kappa shape index (κ3) is 8.51. The van der Waals surface area contributed by atoms with E-state index in [2.05, 4.69) is 32.1 Å². The number of morpholine rings is 1. The maximum absolute atomic E-state index is 12.8. The Labute approximate surface area is 234 Å². The van der Waals surface area contributed by atoms with Crippen molar-refractivity contribution in [3.63, 3.8) is 0 Å². The summed E-state index contributed by atoms with van der Waals surface area (Å²) in [5.74, 6) is 0.399. The van der Waals surface area contributed by atoms with Crippen LogP contribution >= 0.6 is 0 Å². The smallest absolute Gasteiger partial charge is 0.327 e. The highest BCUT2D eigenvalue weighted by atomic mass is 16.5. The van der Waals surface area contributed by atoms with Gasteiger partial charge in [-0.3, -0.25) is 14.3 Å². The summed E-state index contributed by atoms with van der Waals surface area (Å²) in [6.07, 6.45) is 4.45. The van der Waals surface area contributed by atoms with Gasteiger partial charge in [0.15, 0.2) is 11.5 Å². The van der Waals surface area contributed by atoms with Gasteiger partial charge in [-0.05, 0) is 49.9 Å². The number of aromatic amines is 1. The summed E-state index contributed by atoms with van der Waals surface area (Å²) in [6, 6.07) is 7.95. The number of esters is 1. The second kappa shape index (κ2) is 14.8. The lowest BCUT2D eigenvalue weighted by Gasteiger charge is -2.28. The van der Waals surface area contributed by atoms with E-state index in [1.54, 1.807) is 10.6 Å². The third-order valence-corrected chi connectivity index (χ3v) is 6.95. The van der Waals surface area contributed by atoms with Crippen LogP contribution in [-0.4, -0.2) is 75.9 Å². The van der Waals surface area contributed by atoms with Gasteiger partial charge in [0.05, 0.1) is 19.8 Å². The van der Waals surface area contributed by atoms with Crippen molar-refractivity contribution in [2.45, 2.75) is 65.1 Å². The number of nitrogens with one attached hydrogen (secondary N) is 2. The molecule has 0 amide bonds. The van der Waals surface area contributed by atoms with E-state index in [0.29, 0.717) is 36.6 Å². The zero-order chi connectivity index (χ0) is 28.3. The molecule has 0 saturated carbocycles. The Morgan fingerprint density at radius 3 is 2.80 bits per heavy atom. The van der Waals surface area contributed by atoms with E-state index in [-0.39, 0.29) is 29.5 Å². The number of aryl methyl sites for hydroxylation is 1. The molecule has 1 unspecified atom stereocenters. The Morgan fingerprint density at radius 2 is 2.02 bits per heavy atom. The fraction of sp³-hybridized carbons (Fsp3) is 0.571. The molecule has 0 aliphatic carbocycles. The number of hydrogen-bond donors (Lipinski definition) is 3. The molecule has 4 N–H and O–H groups in total. The van der Waals surface area contributed by atoms with Crippen molar-refractivity contribution in [2.75, 3.05) is 45.2 Å². The predicted octanol–water partition coefficient (Wildman–Crippen LogP) is 2.47. The number of H-pyrrole nitrogens is 1. The second-order valence-corrected chi connectivity index (χ2v) is 10.1. The van der Waals surface area contributed by atoms with Gasteiger partial charge in [0.1, 0.15) is 11.3 Å². The van der Waals surface area contributed by atoms with E-state index in [0.717, 1.165) is 70.5 Å². The standard InChI is InChI=1S/C28H41N7O5/c1-3-4-15-39-27-32-25(29)24-26(33-27)35(28(37)31-24)11-6-8-22(10-12-34-13-16-38-17-14-34)30-19-21-7-5-9-23(18-21)40-20(2)36/h5,7,9,18,22,30H,3-4,6,8,10-17,19H2,1-2H3,(H,31,37)(H2,29,32,33). The summed E-state index contributed by atoms with van der Waals surface area (Å²) < 4.78 is 18.0. The van der Waals surface area contributed by atoms with Gasteiger partial charge >= 0.3 is 17.7 Å². The number of imidazole rings is 1. The summed E-state index contributed by atoms with van der Waals surface area (Å²) in [5, 5.41) is 3.68. The van der Waals surface area contributed by atoms with Crippen molar-refractivity contribution >= 4 is 23.0 Å². The number of ether oxygens (including phenoxy) is 3. The van der Waals surface area contributed by atoms with E-state index < -0.39 is 0 Å². The minimum atomic E-state index is -0.340. The van der Waals surface area contributed by atoms with Crippen molar-refractivity contribution in [1.82, 2.24) is 29.7 Å². The van der Waals surface area contributed by atoms with Gasteiger partial charge in [-0.15, -0.1) is 0 Å². The Bertz CT molecular complexity index is 1300. The number of hydrogen-bond acceptors (Lipinski definition) is 10. The lowest BCUT2D eigenvalue weighted by atomic mass is 10.1. The first-order valence-corrected chi connectivity index (χ1v) is 14.1. The second-order valence-electron chi connectivity index (χ2n) is 10.1. The highest BCUT2D eigenvalue weighted by Gasteiger charge is 2.17. The first kappa shape index (κ1) is 29.5. The van der Waals surface area contributed by atoms with Crippen LogP contribution in [0.15, 0.2) is 29.1 Å². The Balaban J connectivity index is 1.41. The Morgan fingerprint density at radius 1 is 1.20 bits per heavy atom. The fourth-order valence-electron chi connectivity index (χ4n) is 4.77. The number of carbonyl (C=O) groups is 1. The highest BCUT2D eigenvalue weighted by Crippen LogP contribution is 2.19. The molecule has 0 bridgehead atoms. The van der Waals surface area contributed by atoms with Crippen molar-refractivity contribution in [2.24, 2.45) is 0 Å². The molecule has 1 aromatic carbocycles. The maximum atomic E-state index is 12.8. The average Bonchev–Trinajstić information content (AvgIpc) is 3.26. The van der Waals surface area contributed by atoms with Crippen LogP contribution in [0.2, 0.25) is 0 Å². The van der Waals surface area contributed by atoms with Crippen LogP contribution in [0.5, 0.6) is 11.8 Å². The van der Waals surface area contributed by atoms with E-state index >= 15 is 0 Å². The van der Waals surface area contributed by atoms with Gasteiger partial charge < -0.3 is 30.2 Å². The lowest BCUT2D eigenvalue weighted by molar-refractivity contribution is -0.131. The number of rotatable bonds is 15. The van der Waals surface area contributed by atoms with Gasteiger partial charge in [0.25, 0.3) is 0 Å². The quantitative estimate of drug-likeness (QED) is 0.145. The number of nitrogens with two attached hydrogens (primary N) is 1. The van der Waals surface area contributed by atoms with Crippen LogP contribution in [0, 0.1) is 0 Å². The molecule has 1 fully saturated rings. The molecule has 3 heterocycles. The number of benzene rings is 1. The minimum absolute atomic E-state index is 0.187. The summed E-state index contributed by atoms with van der Waals surface area (Å²) in [7, 11) is 0. The van der Waals surface area contributed by atoms with Crippen molar-refractivity contribution in [1.29, 1.82) is 0 Å². The molecule has 1 atom stereocenters. The van der Waals surface area contributed by atoms with Crippen LogP contribution < -0.4 is 26.2 Å². The number of anilines is 1. The molecule has 0 spiro atoms. The molecule has 0 radical (unpaired) electrons. The van der Waals surface area contributed by atoms with E-state index in [1.165, 1.54) is 6.92 Å². The van der Waals surface area contributed by atoms with Gasteiger partial charge in [-0.1, -0.05) is 25.5 Å². The normalized spacial score (nSPS) is 14.8. The average molecular weight is 556 g/mol. The molecule has 218 valence electrons. The van der Waals surface area contributed by atoms with Crippen LogP contribution in [-0.2, 0) is 22.6 Å². The number of unbranched alkanes of at least 4 members (excludes halogenated alkanes) is 1. The zero-order valence-corrected chi connectivity index (χ0v) is 23.5. The lowest BCUT2D eigenvalue weighted by Crippen LogP contribution is -2.40. The summed E-state index contributed by atoms with van der Waals surface area (Å²) >= 11 is 0. The molecule has 2 aromatic heterocycles. The molecular weight excluding hydrogens is 514 g/mol. The Kier molecular flexibility index (Phi) is 10.9. The van der Waals surface area contributed by atoms with Crippen LogP contribution in [0.3, 0.4) is 0 Å². The molecular formula is C28H41N7O5. The van der Waals surface area contributed by atoms with Gasteiger partial charge in [-0.25, -0.2) is 4.79 Å². The van der Waals surface area contributed by atoms with E-state index in [4.69, 9.17) is 19.9 Å². The summed E-state index contributed by atoms with van der Waals surface area (Å²) in [6.45, 7) is 9.46. The van der Waals surface area contributed by atoms with Gasteiger partial charge in [0.2, 0.25) is 0 Å². The first-order valence-electron chi connectivity index (χ1n) is 14.1. The molecule has 40 heavy (non-hydrogen) atoms. The van der Waals surface area contributed by atoms with Crippen LogP contribution in [0.1, 0.15) is 51.5 Å². The topological polar surface area (TPSA) is 150 Å².